The Morgan fingerprint density at radius 3 is 2.21 bits per heavy atom. The maximum absolute atomic E-state index is 12.9. The summed E-state index contributed by atoms with van der Waals surface area (Å²) in [7, 11) is 0. The minimum atomic E-state index is -4.91. The van der Waals surface area contributed by atoms with Crippen LogP contribution in [0, 0.1) is 5.82 Å². The summed E-state index contributed by atoms with van der Waals surface area (Å²) in [6.07, 6.45) is -4.91. The molecule has 0 radical (unpaired) electrons. The number of hydrogen-bond donors (Lipinski definition) is 0. The molecule has 14 heavy (non-hydrogen) atoms. The predicted octanol–water partition coefficient (Wildman–Crippen LogP) is 4.03. The lowest BCUT2D eigenvalue weighted by Crippen LogP contribution is -2.17. The van der Waals surface area contributed by atoms with Gasteiger partial charge >= 0.3 is 6.36 Å². The van der Waals surface area contributed by atoms with Gasteiger partial charge in [0.1, 0.15) is 5.02 Å². The van der Waals surface area contributed by atoms with Crippen molar-refractivity contribution >= 4 is 23.2 Å². The molecule has 0 amide bonds. The summed E-state index contributed by atoms with van der Waals surface area (Å²) >= 11 is 10.5. The fourth-order valence-corrected chi connectivity index (χ4v) is 1.12. The van der Waals surface area contributed by atoms with Gasteiger partial charge in [0.2, 0.25) is 0 Å². The van der Waals surface area contributed by atoms with E-state index < -0.39 is 23.0 Å². The lowest BCUT2D eigenvalue weighted by molar-refractivity contribution is -0.274. The van der Waals surface area contributed by atoms with Crippen molar-refractivity contribution < 1.29 is 22.3 Å². The number of hydrogen-bond acceptors (Lipinski definition) is 1. The zero-order chi connectivity index (χ0) is 10.9. The molecule has 1 aromatic rings. The van der Waals surface area contributed by atoms with Crippen molar-refractivity contribution in [2.45, 2.75) is 6.36 Å². The molecule has 0 aliphatic heterocycles. The number of benzene rings is 1. The zero-order valence-electron chi connectivity index (χ0n) is 6.33. The summed E-state index contributed by atoms with van der Waals surface area (Å²) in [6.45, 7) is 0. The molecule has 0 unspecified atom stereocenters. The van der Waals surface area contributed by atoms with E-state index in [1.165, 1.54) is 0 Å². The number of rotatable bonds is 1. The molecule has 0 atom stereocenters. The van der Waals surface area contributed by atoms with Crippen molar-refractivity contribution in [3.05, 3.63) is 28.0 Å². The first-order chi connectivity index (χ1) is 6.31. The molecule has 0 aliphatic carbocycles. The topological polar surface area (TPSA) is 9.23 Å². The van der Waals surface area contributed by atoms with Gasteiger partial charge in [-0.15, -0.1) is 13.2 Å². The van der Waals surface area contributed by atoms with Crippen LogP contribution in [0.2, 0.25) is 10.0 Å². The van der Waals surface area contributed by atoms with E-state index in [2.05, 4.69) is 4.74 Å². The first-order valence-corrected chi connectivity index (χ1v) is 3.96. The molecule has 0 spiro atoms. The monoisotopic (exact) mass is 248 g/mol. The van der Waals surface area contributed by atoms with E-state index in [1.54, 1.807) is 0 Å². The Labute approximate surface area is 86.2 Å². The molecule has 0 saturated heterocycles. The van der Waals surface area contributed by atoms with Crippen LogP contribution in [0.1, 0.15) is 0 Å². The Morgan fingerprint density at radius 2 is 1.71 bits per heavy atom. The highest BCUT2D eigenvalue weighted by atomic mass is 35.5. The Bertz CT molecular complexity index is 350. The quantitative estimate of drug-likeness (QED) is 0.539. The van der Waals surface area contributed by atoms with E-state index in [1.807, 2.05) is 0 Å². The highest BCUT2D eigenvalue weighted by molar-refractivity contribution is 6.35. The van der Waals surface area contributed by atoms with Crippen LogP contribution in [-0.2, 0) is 0 Å². The maximum Gasteiger partial charge on any atom is 0.573 e. The molecule has 1 nitrogen and oxygen atoms in total. The van der Waals surface area contributed by atoms with Gasteiger partial charge in [0.25, 0.3) is 0 Å². The summed E-state index contributed by atoms with van der Waals surface area (Å²) in [5, 5.41) is -1.17. The third-order valence-electron chi connectivity index (χ3n) is 1.23. The van der Waals surface area contributed by atoms with Gasteiger partial charge in [-0.3, -0.25) is 0 Å². The fraction of sp³-hybridized carbons (Fsp3) is 0.143. The van der Waals surface area contributed by atoms with Crippen LogP contribution >= 0.6 is 23.2 Å². The first kappa shape index (κ1) is 11.4. The molecule has 0 heterocycles. The third-order valence-corrected chi connectivity index (χ3v) is 1.87. The van der Waals surface area contributed by atoms with Gasteiger partial charge in [0, 0.05) is 0 Å². The second kappa shape index (κ2) is 3.82. The van der Waals surface area contributed by atoms with Crippen LogP contribution in [-0.4, -0.2) is 6.36 Å². The number of ether oxygens (including phenoxy) is 1. The van der Waals surface area contributed by atoms with Gasteiger partial charge in [0.05, 0.1) is 5.02 Å². The molecule has 0 fully saturated rings. The van der Waals surface area contributed by atoms with Crippen LogP contribution in [0.5, 0.6) is 5.75 Å². The van der Waals surface area contributed by atoms with Gasteiger partial charge < -0.3 is 4.74 Å². The fourth-order valence-electron chi connectivity index (χ4n) is 0.712. The molecule has 1 aromatic carbocycles. The predicted molar refractivity (Wildman–Crippen MR) is 43.1 cm³/mol. The summed E-state index contributed by atoms with van der Waals surface area (Å²) < 4.78 is 51.4. The molecule has 0 bridgehead atoms. The second-order valence-corrected chi connectivity index (χ2v) is 3.01. The van der Waals surface area contributed by atoms with Crippen molar-refractivity contribution in [2.75, 3.05) is 0 Å². The number of alkyl halides is 3. The molecule has 7 heteroatoms. The Kier molecular flexibility index (Phi) is 3.11. The van der Waals surface area contributed by atoms with Crippen molar-refractivity contribution in [3.63, 3.8) is 0 Å². The first-order valence-electron chi connectivity index (χ1n) is 3.20. The lowest BCUT2D eigenvalue weighted by Gasteiger charge is -2.10. The molecular formula is C7H2Cl2F4O. The SMILES string of the molecule is Fc1c(Cl)ccc(OC(F)(F)F)c1Cl. The average molecular weight is 249 g/mol. The highest BCUT2D eigenvalue weighted by Gasteiger charge is 2.32. The Balaban J connectivity index is 3.06. The minimum Gasteiger partial charge on any atom is -0.404 e. The average Bonchev–Trinajstić information content (AvgIpc) is 2.04. The molecule has 0 saturated carbocycles. The standard InChI is InChI=1S/C7H2Cl2F4O/c8-3-1-2-4(5(9)6(3)10)14-7(11,12)13/h1-2H. The number of halogens is 6. The Morgan fingerprint density at radius 1 is 1.14 bits per heavy atom. The van der Waals surface area contributed by atoms with E-state index in [-0.39, 0.29) is 5.02 Å². The lowest BCUT2D eigenvalue weighted by atomic mass is 10.3. The van der Waals surface area contributed by atoms with Crippen LogP contribution in [0.3, 0.4) is 0 Å². The van der Waals surface area contributed by atoms with Gasteiger partial charge in [-0.1, -0.05) is 23.2 Å². The van der Waals surface area contributed by atoms with Crippen molar-refractivity contribution in [3.8, 4) is 5.75 Å². The molecule has 0 aromatic heterocycles. The summed E-state index contributed by atoms with van der Waals surface area (Å²) in [6, 6.07) is 1.76. The van der Waals surface area contributed by atoms with Crippen molar-refractivity contribution in [1.82, 2.24) is 0 Å². The second-order valence-electron chi connectivity index (χ2n) is 2.22. The summed E-state index contributed by atoms with van der Waals surface area (Å²) in [5.41, 5.74) is 0. The molecular weight excluding hydrogens is 247 g/mol. The normalized spacial score (nSPS) is 11.6. The van der Waals surface area contributed by atoms with E-state index in [0.29, 0.717) is 0 Å². The van der Waals surface area contributed by atoms with E-state index >= 15 is 0 Å². The maximum atomic E-state index is 12.9. The molecule has 78 valence electrons. The van der Waals surface area contributed by atoms with Gasteiger partial charge in [0.15, 0.2) is 11.6 Å². The van der Waals surface area contributed by atoms with Crippen LogP contribution < -0.4 is 4.74 Å². The van der Waals surface area contributed by atoms with Crippen LogP contribution in [0.4, 0.5) is 17.6 Å². The molecule has 0 N–H and O–H groups in total. The van der Waals surface area contributed by atoms with E-state index in [9.17, 15) is 17.6 Å². The van der Waals surface area contributed by atoms with Crippen molar-refractivity contribution in [1.29, 1.82) is 0 Å². The summed E-state index contributed by atoms with van der Waals surface area (Å²) in [4.78, 5) is 0. The Hall–Kier alpha value is -0.680. The smallest absolute Gasteiger partial charge is 0.404 e. The van der Waals surface area contributed by atoms with Crippen molar-refractivity contribution in [2.24, 2.45) is 0 Å². The van der Waals surface area contributed by atoms with Gasteiger partial charge in [-0.05, 0) is 12.1 Å². The minimum absolute atomic E-state index is 0.371. The van der Waals surface area contributed by atoms with E-state index in [0.717, 1.165) is 12.1 Å². The van der Waals surface area contributed by atoms with Gasteiger partial charge in [-0.2, -0.15) is 0 Å². The highest BCUT2D eigenvalue weighted by Crippen LogP contribution is 2.34. The van der Waals surface area contributed by atoms with Crippen LogP contribution in [0.15, 0.2) is 12.1 Å². The third kappa shape index (κ3) is 2.65. The van der Waals surface area contributed by atoms with Gasteiger partial charge in [-0.25, -0.2) is 4.39 Å². The molecule has 1 rings (SSSR count). The van der Waals surface area contributed by atoms with Crippen LogP contribution in [0.25, 0.3) is 0 Å². The largest absolute Gasteiger partial charge is 0.573 e. The summed E-state index contributed by atoms with van der Waals surface area (Å²) in [5.74, 6) is -1.96. The van der Waals surface area contributed by atoms with E-state index in [4.69, 9.17) is 23.2 Å². The zero-order valence-corrected chi connectivity index (χ0v) is 7.84. The molecule has 0 aliphatic rings.